The molecule has 1 heterocycles. The molecule has 1 aromatic heterocycles. The molecule has 20 heavy (non-hydrogen) atoms. The molecule has 4 nitrogen and oxygen atoms in total. The van der Waals surface area contributed by atoms with Gasteiger partial charge in [0.15, 0.2) is 0 Å². The molecule has 0 saturated heterocycles. The average Bonchev–Trinajstić information content (AvgIpc) is 2.80. The average molecular weight is 274 g/mol. The third-order valence-electron chi connectivity index (χ3n) is 3.27. The Hall–Kier alpha value is -1.97. The molecule has 2 aromatic rings. The van der Waals surface area contributed by atoms with Crippen LogP contribution in [0.15, 0.2) is 24.4 Å². The van der Waals surface area contributed by atoms with Crippen molar-refractivity contribution < 1.29 is 9.53 Å². The Morgan fingerprint density at radius 2 is 2.20 bits per heavy atom. The van der Waals surface area contributed by atoms with Crippen molar-refractivity contribution in [1.29, 1.82) is 0 Å². The molecule has 108 valence electrons. The number of aromatic nitrogens is 1. The Kier molecular flexibility index (Phi) is 4.66. The summed E-state index contributed by atoms with van der Waals surface area (Å²) in [5.74, 6) is 0.980. The lowest BCUT2D eigenvalue weighted by atomic mass is 10.1. The van der Waals surface area contributed by atoms with E-state index in [-0.39, 0.29) is 11.9 Å². The highest BCUT2D eigenvalue weighted by molar-refractivity contribution is 5.84. The minimum atomic E-state index is 0.123. The highest BCUT2D eigenvalue weighted by Gasteiger charge is 2.07. The summed E-state index contributed by atoms with van der Waals surface area (Å²) in [5.41, 5.74) is 2.34. The van der Waals surface area contributed by atoms with Gasteiger partial charge in [0.25, 0.3) is 0 Å². The molecule has 4 heteroatoms. The lowest BCUT2D eigenvalue weighted by Gasteiger charge is -2.07. The highest BCUT2D eigenvalue weighted by Crippen LogP contribution is 2.24. The summed E-state index contributed by atoms with van der Waals surface area (Å²) < 4.78 is 5.26. The van der Waals surface area contributed by atoms with Crippen LogP contribution in [-0.4, -0.2) is 24.0 Å². The summed E-state index contributed by atoms with van der Waals surface area (Å²) in [4.78, 5) is 14.9. The van der Waals surface area contributed by atoms with Gasteiger partial charge in [0.2, 0.25) is 5.91 Å². The molecule has 0 fully saturated rings. The van der Waals surface area contributed by atoms with E-state index in [1.165, 1.54) is 10.9 Å². The number of hydrogen-bond acceptors (Lipinski definition) is 2. The number of methoxy groups -OCH3 is 1. The quantitative estimate of drug-likeness (QED) is 0.850. The highest BCUT2D eigenvalue weighted by atomic mass is 16.5. The molecule has 0 bridgehead atoms. The number of amides is 1. The van der Waals surface area contributed by atoms with Crippen molar-refractivity contribution in [2.75, 3.05) is 7.11 Å². The van der Waals surface area contributed by atoms with Gasteiger partial charge in [-0.25, -0.2) is 0 Å². The van der Waals surface area contributed by atoms with Gasteiger partial charge in [0.1, 0.15) is 5.75 Å². The van der Waals surface area contributed by atoms with Crippen LogP contribution in [0.2, 0.25) is 0 Å². The first-order valence-electron chi connectivity index (χ1n) is 7.03. The lowest BCUT2D eigenvalue weighted by Crippen LogP contribution is -2.29. The lowest BCUT2D eigenvalue weighted by molar-refractivity contribution is -0.121. The minimum absolute atomic E-state index is 0.123. The normalized spacial score (nSPS) is 11.0. The van der Waals surface area contributed by atoms with E-state index >= 15 is 0 Å². The standard InChI is InChI=1S/C16H22N2O2/c1-11(2)18-16(19)6-4-5-12-10-17-15-8-7-13(20-3)9-14(12)15/h7-11,17H,4-6H2,1-3H3,(H,18,19). The van der Waals surface area contributed by atoms with Gasteiger partial charge >= 0.3 is 0 Å². The molecule has 0 atom stereocenters. The number of ether oxygens (including phenoxy) is 1. The van der Waals surface area contributed by atoms with Crippen molar-refractivity contribution in [3.63, 3.8) is 0 Å². The summed E-state index contributed by atoms with van der Waals surface area (Å²) in [6.45, 7) is 3.95. The molecule has 0 aliphatic carbocycles. The molecule has 2 rings (SSSR count). The van der Waals surface area contributed by atoms with E-state index in [4.69, 9.17) is 4.74 Å². The van der Waals surface area contributed by atoms with Gasteiger partial charge in [0.05, 0.1) is 7.11 Å². The maximum absolute atomic E-state index is 11.6. The van der Waals surface area contributed by atoms with Crippen LogP contribution in [0, 0.1) is 0 Å². The van der Waals surface area contributed by atoms with E-state index in [0.717, 1.165) is 24.1 Å². The van der Waals surface area contributed by atoms with Gasteiger partial charge < -0.3 is 15.0 Å². The fourth-order valence-electron chi connectivity index (χ4n) is 2.32. The van der Waals surface area contributed by atoms with Crippen LogP contribution in [0.1, 0.15) is 32.3 Å². The number of hydrogen-bond donors (Lipinski definition) is 2. The van der Waals surface area contributed by atoms with Crippen molar-refractivity contribution in [3.05, 3.63) is 30.0 Å². The SMILES string of the molecule is COc1ccc2[nH]cc(CCCC(=O)NC(C)C)c2c1. The molecule has 0 unspecified atom stereocenters. The molecule has 0 spiro atoms. The van der Waals surface area contributed by atoms with Gasteiger partial charge in [-0.3, -0.25) is 4.79 Å². The van der Waals surface area contributed by atoms with Crippen LogP contribution < -0.4 is 10.1 Å². The van der Waals surface area contributed by atoms with Gasteiger partial charge in [-0.05, 0) is 50.5 Å². The molecule has 0 radical (unpaired) electrons. The Morgan fingerprint density at radius 1 is 1.40 bits per heavy atom. The first-order chi connectivity index (χ1) is 9.60. The van der Waals surface area contributed by atoms with Gasteiger partial charge in [-0.2, -0.15) is 0 Å². The first kappa shape index (κ1) is 14.4. The van der Waals surface area contributed by atoms with Crippen molar-refractivity contribution in [2.24, 2.45) is 0 Å². The molecule has 1 aromatic carbocycles. The van der Waals surface area contributed by atoms with E-state index in [0.29, 0.717) is 6.42 Å². The maximum Gasteiger partial charge on any atom is 0.220 e. The fourth-order valence-corrected chi connectivity index (χ4v) is 2.32. The van der Waals surface area contributed by atoms with Crippen molar-refractivity contribution in [3.8, 4) is 5.75 Å². The fraction of sp³-hybridized carbons (Fsp3) is 0.438. The summed E-state index contributed by atoms with van der Waals surface area (Å²) in [6.07, 6.45) is 4.32. The van der Waals surface area contributed by atoms with E-state index in [9.17, 15) is 4.79 Å². The summed E-state index contributed by atoms with van der Waals surface area (Å²) in [7, 11) is 1.67. The van der Waals surface area contributed by atoms with Crippen LogP contribution in [0.4, 0.5) is 0 Å². The van der Waals surface area contributed by atoms with Crippen LogP contribution in [0.3, 0.4) is 0 Å². The van der Waals surface area contributed by atoms with Crippen LogP contribution in [-0.2, 0) is 11.2 Å². The van der Waals surface area contributed by atoms with Crippen molar-refractivity contribution in [2.45, 2.75) is 39.2 Å². The van der Waals surface area contributed by atoms with Crippen LogP contribution in [0.5, 0.6) is 5.75 Å². The van der Waals surface area contributed by atoms with Crippen LogP contribution >= 0.6 is 0 Å². The third kappa shape index (κ3) is 3.53. The monoisotopic (exact) mass is 274 g/mol. The van der Waals surface area contributed by atoms with Crippen molar-refractivity contribution in [1.82, 2.24) is 10.3 Å². The topological polar surface area (TPSA) is 54.1 Å². The predicted octanol–water partition coefficient (Wildman–Crippen LogP) is 3.02. The Labute approximate surface area is 119 Å². The molecular formula is C16H22N2O2. The third-order valence-corrected chi connectivity index (χ3v) is 3.27. The summed E-state index contributed by atoms with van der Waals surface area (Å²) >= 11 is 0. The molecular weight excluding hydrogens is 252 g/mol. The largest absolute Gasteiger partial charge is 0.497 e. The van der Waals surface area contributed by atoms with Crippen molar-refractivity contribution >= 4 is 16.8 Å². The Morgan fingerprint density at radius 3 is 2.90 bits per heavy atom. The smallest absolute Gasteiger partial charge is 0.220 e. The summed E-state index contributed by atoms with van der Waals surface area (Å²) in [6, 6.07) is 6.21. The molecule has 2 N–H and O–H groups in total. The zero-order valence-electron chi connectivity index (χ0n) is 12.3. The zero-order chi connectivity index (χ0) is 14.5. The number of aryl methyl sites for hydroxylation is 1. The summed E-state index contributed by atoms with van der Waals surface area (Å²) in [5, 5.41) is 4.09. The van der Waals surface area contributed by atoms with E-state index < -0.39 is 0 Å². The first-order valence-corrected chi connectivity index (χ1v) is 7.03. The Bertz CT molecular complexity index is 587. The van der Waals surface area contributed by atoms with E-state index in [2.05, 4.69) is 10.3 Å². The molecule has 0 saturated carbocycles. The van der Waals surface area contributed by atoms with E-state index in [1.54, 1.807) is 7.11 Å². The predicted molar refractivity (Wildman–Crippen MR) is 81.1 cm³/mol. The van der Waals surface area contributed by atoms with E-state index in [1.807, 2.05) is 38.2 Å². The van der Waals surface area contributed by atoms with Gasteiger partial charge in [-0.1, -0.05) is 0 Å². The number of rotatable bonds is 6. The maximum atomic E-state index is 11.6. The Balaban J connectivity index is 1.98. The second kappa shape index (κ2) is 6.46. The van der Waals surface area contributed by atoms with Crippen LogP contribution in [0.25, 0.3) is 10.9 Å². The molecule has 1 amide bonds. The molecule has 0 aliphatic heterocycles. The number of nitrogens with one attached hydrogen (secondary N) is 2. The number of fused-ring (bicyclic) bond motifs is 1. The molecule has 0 aliphatic rings. The number of carbonyl (C=O) groups is 1. The van der Waals surface area contributed by atoms with Gasteiger partial charge in [0, 0.05) is 29.6 Å². The number of benzene rings is 1. The zero-order valence-corrected chi connectivity index (χ0v) is 12.3. The second-order valence-corrected chi connectivity index (χ2v) is 5.30. The number of aromatic amines is 1. The second-order valence-electron chi connectivity index (χ2n) is 5.30. The van der Waals surface area contributed by atoms with Gasteiger partial charge in [-0.15, -0.1) is 0 Å². The number of H-pyrrole nitrogens is 1. The minimum Gasteiger partial charge on any atom is -0.497 e. The number of carbonyl (C=O) groups excluding carboxylic acids is 1.